The number of benzene rings is 1. The van der Waals surface area contributed by atoms with Gasteiger partial charge in [-0.15, -0.1) is 0 Å². The van der Waals surface area contributed by atoms with Crippen LogP contribution in [-0.4, -0.2) is 36.5 Å². The third-order valence-corrected chi connectivity index (χ3v) is 4.00. The lowest BCUT2D eigenvalue weighted by molar-refractivity contribution is 0.0911. The summed E-state index contributed by atoms with van der Waals surface area (Å²) >= 11 is 0. The van der Waals surface area contributed by atoms with Crippen LogP contribution in [0.3, 0.4) is 0 Å². The normalized spacial score (nSPS) is 17.1. The number of hydrogen-bond acceptors (Lipinski definition) is 3. The fraction of sp³-hybridized carbons (Fsp3) is 0.562. The largest absolute Gasteiger partial charge is 0.398 e. The average molecular weight is 275 g/mol. The molecule has 4 nitrogen and oxygen atoms in total. The summed E-state index contributed by atoms with van der Waals surface area (Å²) in [4.78, 5) is 14.7. The second-order valence-electron chi connectivity index (χ2n) is 5.66. The minimum Gasteiger partial charge on any atom is -0.398 e. The van der Waals surface area contributed by atoms with Crippen molar-refractivity contribution in [1.29, 1.82) is 0 Å². The van der Waals surface area contributed by atoms with E-state index < -0.39 is 0 Å². The Balaban J connectivity index is 1.87. The zero-order valence-corrected chi connectivity index (χ0v) is 12.5. The first-order valence-electron chi connectivity index (χ1n) is 7.49. The summed E-state index contributed by atoms with van der Waals surface area (Å²) < 4.78 is 0. The third kappa shape index (κ3) is 3.73. The van der Waals surface area contributed by atoms with Crippen molar-refractivity contribution < 1.29 is 4.79 Å². The lowest BCUT2D eigenvalue weighted by atomic mass is 10.0. The molecule has 0 spiro atoms. The topological polar surface area (TPSA) is 58.4 Å². The van der Waals surface area contributed by atoms with Crippen LogP contribution in [0.5, 0.6) is 0 Å². The number of amides is 1. The average Bonchev–Trinajstić information content (AvgIpc) is 2.44. The minimum absolute atomic E-state index is 0.00867. The Hall–Kier alpha value is -1.55. The number of carbonyl (C=O) groups excluding carboxylic acids is 1. The molecule has 1 amide bonds. The SMILES string of the molecule is CCCN1CCC(NC(=O)c2ccc(C)c(N)c2)CC1. The van der Waals surface area contributed by atoms with Crippen LogP contribution in [0.2, 0.25) is 0 Å². The fourth-order valence-electron chi connectivity index (χ4n) is 2.67. The zero-order chi connectivity index (χ0) is 14.5. The minimum atomic E-state index is -0.00867. The van der Waals surface area contributed by atoms with Crippen molar-refractivity contribution in [2.24, 2.45) is 0 Å². The Morgan fingerprint density at radius 2 is 2.10 bits per heavy atom. The number of nitrogens with one attached hydrogen (secondary N) is 1. The molecule has 1 aliphatic heterocycles. The van der Waals surface area contributed by atoms with Crippen molar-refractivity contribution in [3.63, 3.8) is 0 Å². The summed E-state index contributed by atoms with van der Waals surface area (Å²) in [7, 11) is 0. The van der Waals surface area contributed by atoms with Gasteiger partial charge in [-0.25, -0.2) is 0 Å². The summed E-state index contributed by atoms with van der Waals surface area (Å²) in [5.41, 5.74) is 8.20. The molecular weight excluding hydrogens is 250 g/mol. The van der Waals surface area contributed by atoms with E-state index in [1.54, 1.807) is 6.07 Å². The van der Waals surface area contributed by atoms with Gasteiger partial charge < -0.3 is 16.0 Å². The first-order valence-corrected chi connectivity index (χ1v) is 7.49. The lowest BCUT2D eigenvalue weighted by Crippen LogP contribution is -2.44. The Morgan fingerprint density at radius 3 is 2.70 bits per heavy atom. The number of aryl methyl sites for hydroxylation is 1. The van der Waals surface area contributed by atoms with Crippen LogP contribution in [0.25, 0.3) is 0 Å². The van der Waals surface area contributed by atoms with Gasteiger partial charge in [0.15, 0.2) is 0 Å². The maximum Gasteiger partial charge on any atom is 0.251 e. The van der Waals surface area contributed by atoms with Gasteiger partial charge in [0.05, 0.1) is 0 Å². The van der Waals surface area contributed by atoms with E-state index in [1.807, 2.05) is 19.1 Å². The van der Waals surface area contributed by atoms with Crippen molar-refractivity contribution in [2.75, 3.05) is 25.4 Å². The molecule has 1 aliphatic rings. The highest BCUT2D eigenvalue weighted by Crippen LogP contribution is 2.15. The van der Waals surface area contributed by atoms with Gasteiger partial charge in [0.2, 0.25) is 0 Å². The molecule has 0 saturated carbocycles. The van der Waals surface area contributed by atoms with Crippen LogP contribution in [0.1, 0.15) is 42.1 Å². The van der Waals surface area contributed by atoms with Crippen molar-refractivity contribution in [3.8, 4) is 0 Å². The number of likely N-dealkylation sites (tertiary alicyclic amines) is 1. The molecule has 4 heteroatoms. The number of rotatable bonds is 4. The molecule has 3 N–H and O–H groups in total. The number of nitrogens with zero attached hydrogens (tertiary/aromatic N) is 1. The molecule has 0 radical (unpaired) electrons. The standard InChI is InChI=1S/C16H25N3O/c1-3-8-19-9-6-14(7-10-19)18-16(20)13-5-4-12(2)15(17)11-13/h4-5,11,14H,3,6-10,17H2,1-2H3,(H,18,20). The van der Waals surface area contributed by atoms with E-state index in [0.717, 1.165) is 38.0 Å². The van der Waals surface area contributed by atoms with Crippen LogP contribution in [0.15, 0.2) is 18.2 Å². The van der Waals surface area contributed by atoms with Gasteiger partial charge in [-0.2, -0.15) is 0 Å². The smallest absolute Gasteiger partial charge is 0.251 e. The highest BCUT2D eigenvalue weighted by atomic mass is 16.1. The molecule has 1 saturated heterocycles. The van der Waals surface area contributed by atoms with Crippen molar-refractivity contribution in [1.82, 2.24) is 10.2 Å². The summed E-state index contributed by atoms with van der Waals surface area (Å²) in [5, 5.41) is 3.12. The molecule has 2 rings (SSSR count). The van der Waals surface area contributed by atoms with Crippen LogP contribution < -0.4 is 11.1 Å². The molecule has 0 aliphatic carbocycles. The second-order valence-corrected chi connectivity index (χ2v) is 5.66. The maximum absolute atomic E-state index is 12.2. The van der Waals surface area contributed by atoms with E-state index in [4.69, 9.17) is 5.73 Å². The molecule has 110 valence electrons. The molecule has 0 unspecified atom stereocenters. The van der Waals surface area contributed by atoms with Crippen molar-refractivity contribution >= 4 is 11.6 Å². The lowest BCUT2D eigenvalue weighted by Gasteiger charge is -2.32. The van der Waals surface area contributed by atoms with Gasteiger partial charge in [0.25, 0.3) is 5.91 Å². The predicted molar refractivity (Wildman–Crippen MR) is 82.8 cm³/mol. The molecular formula is C16H25N3O. The molecule has 0 atom stereocenters. The predicted octanol–water partition coefficient (Wildman–Crippen LogP) is 2.18. The van der Waals surface area contributed by atoms with Gasteiger partial charge in [-0.1, -0.05) is 13.0 Å². The Kier molecular flexibility index (Phi) is 5.01. The second kappa shape index (κ2) is 6.75. The van der Waals surface area contributed by atoms with Crippen LogP contribution in [0.4, 0.5) is 5.69 Å². The van der Waals surface area contributed by atoms with Crippen LogP contribution in [0, 0.1) is 6.92 Å². The summed E-state index contributed by atoms with van der Waals surface area (Å²) in [6.45, 7) is 7.47. The van der Waals surface area contributed by atoms with E-state index in [-0.39, 0.29) is 11.9 Å². The first-order chi connectivity index (χ1) is 9.60. The van der Waals surface area contributed by atoms with Gasteiger partial charge in [-0.05, 0) is 50.4 Å². The molecule has 1 aromatic carbocycles. The van der Waals surface area contributed by atoms with Gasteiger partial charge in [0, 0.05) is 30.4 Å². The summed E-state index contributed by atoms with van der Waals surface area (Å²) in [5.74, 6) is -0.00867. The molecule has 1 heterocycles. The highest BCUT2D eigenvalue weighted by Gasteiger charge is 2.20. The molecule has 20 heavy (non-hydrogen) atoms. The quantitative estimate of drug-likeness (QED) is 0.828. The van der Waals surface area contributed by atoms with Gasteiger partial charge in [0.1, 0.15) is 0 Å². The van der Waals surface area contributed by atoms with E-state index in [2.05, 4.69) is 17.1 Å². The van der Waals surface area contributed by atoms with E-state index >= 15 is 0 Å². The van der Waals surface area contributed by atoms with E-state index in [0.29, 0.717) is 11.3 Å². The molecule has 1 fully saturated rings. The number of nitrogens with two attached hydrogens (primary N) is 1. The molecule has 0 aromatic heterocycles. The van der Waals surface area contributed by atoms with E-state index in [9.17, 15) is 4.79 Å². The fourth-order valence-corrected chi connectivity index (χ4v) is 2.67. The number of hydrogen-bond donors (Lipinski definition) is 2. The van der Waals surface area contributed by atoms with E-state index in [1.165, 1.54) is 6.42 Å². The number of piperidine rings is 1. The number of anilines is 1. The molecule has 1 aromatic rings. The zero-order valence-electron chi connectivity index (χ0n) is 12.5. The van der Waals surface area contributed by atoms with Crippen molar-refractivity contribution in [3.05, 3.63) is 29.3 Å². The van der Waals surface area contributed by atoms with Gasteiger partial charge >= 0.3 is 0 Å². The Bertz CT molecular complexity index is 465. The number of nitrogen functional groups attached to an aromatic ring is 1. The molecule has 0 bridgehead atoms. The summed E-state index contributed by atoms with van der Waals surface area (Å²) in [6.07, 6.45) is 3.26. The number of carbonyl (C=O) groups is 1. The first kappa shape index (κ1) is 14.9. The summed E-state index contributed by atoms with van der Waals surface area (Å²) in [6, 6.07) is 5.79. The Labute approximate surface area is 121 Å². The monoisotopic (exact) mass is 275 g/mol. The van der Waals surface area contributed by atoms with Crippen molar-refractivity contribution in [2.45, 2.75) is 39.2 Å². The van der Waals surface area contributed by atoms with Crippen LogP contribution >= 0.6 is 0 Å². The maximum atomic E-state index is 12.2. The van der Waals surface area contributed by atoms with Gasteiger partial charge in [-0.3, -0.25) is 4.79 Å². The Morgan fingerprint density at radius 1 is 1.40 bits per heavy atom. The highest BCUT2D eigenvalue weighted by molar-refractivity contribution is 5.95. The van der Waals surface area contributed by atoms with Crippen LogP contribution in [-0.2, 0) is 0 Å². The third-order valence-electron chi connectivity index (χ3n) is 4.00.